The molecule has 14 heavy (non-hydrogen) atoms. The average molecular weight is 216 g/mol. The van der Waals surface area contributed by atoms with Crippen molar-refractivity contribution in [3.05, 3.63) is 24.0 Å². The van der Waals surface area contributed by atoms with E-state index in [1.807, 2.05) is 25.2 Å². The summed E-state index contributed by atoms with van der Waals surface area (Å²) in [5.41, 5.74) is 5.54. The summed E-state index contributed by atoms with van der Waals surface area (Å²) in [5.74, 6) is 2.10. The third-order valence-corrected chi connectivity index (χ3v) is 2.66. The SMILES string of the molecule is C/C=C(\C=C/CCl)OC1CC(CN)C1. The number of rotatable bonds is 5. The lowest BCUT2D eigenvalue weighted by molar-refractivity contribution is 0.0192. The van der Waals surface area contributed by atoms with Crippen LogP contribution in [0.3, 0.4) is 0 Å². The van der Waals surface area contributed by atoms with Crippen LogP contribution >= 0.6 is 11.6 Å². The monoisotopic (exact) mass is 215 g/mol. The van der Waals surface area contributed by atoms with Crippen molar-refractivity contribution in [1.29, 1.82) is 0 Å². The fraction of sp³-hybridized carbons (Fsp3) is 0.636. The van der Waals surface area contributed by atoms with Gasteiger partial charge in [-0.2, -0.15) is 0 Å². The van der Waals surface area contributed by atoms with Crippen molar-refractivity contribution < 1.29 is 4.74 Å². The summed E-state index contributed by atoms with van der Waals surface area (Å²) >= 11 is 5.55. The first-order valence-electron chi connectivity index (χ1n) is 5.05. The zero-order valence-electron chi connectivity index (χ0n) is 8.58. The highest BCUT2D eigenvalue weighted by atomic mass is 35.5. The molecule has 0 radical (unpaired) electrons. The largest absolute Gasteiger partial charge is 0.491 e. The van der Waals surface area contributed by atoms with Gasteiger partial charge in [-0.3, -0.25) is 0 Å². The second kappa shape index (κ2) is 6.10. The molecule has 2 N–H and O–H groups in total. The highest BCUT2D eigenvalue weighted by molar-refractivity contribution is 6.18. The first-order valence-corrected chi connectivity index (χ1v) is 5.59. The van der Waals surface area contributed by atoms with Crippen LogP contribution in [0.5, 0.6) is 0 Å². The number of alkyl halides is 1. The van der Waals surface area contributed by atoms with Crippen LogP contribution in [0.4, 0.5) is 0 Å². The molecule has 80 valence electrons. The standard InChI is InChI=1S/C11H18ClNO/c1-2-10(4-3-5-12)14-11-6-9(7-11)8-13/h2-4,9,11H,5-8,13H2,1H3/b4-3-,10-2+. The maximum Gasteiger partial charge on any atom is 0.115 e. The van der Waals surface area contributed by atoms with Crippen LogP contribution in [0.25, 0.3) is 0 Å². The lowest BCUT2D eigenvalue weighted by Gasteiger charge is -2.34. The second-order valence-electron chi connectivity index (χ2n) is 3.56. The fourth-order valence-corrected chi connectivity index (χ4v) is 1.61. The molecule has 0 amide bonds. The van der Waals surface area contributed by atoms with Gasteiger partial charge in [-0.05, 0) is 44.4 Å². The Hall–Kier alpha value is -0.470. The highest BCUT2D eigenvalue weighted by Crippen LogP contribution is 2.30. The van der Waals surface area contributed by atoms with E-state index in [-0.39, 0.29) is 0 Å². The van der Waals surface area contributed by atoms with E-state index in [9.17, 15) is 0 Å². The Bertz CT molecular complexity index is 219. The maximum absolute atomic E-state index is 5.73. The molecule has 1 aliphatic carbocycles. The molecular formula is C11H18ClNO. The van der Waals surface area contributed by atoms with E-state index in [1.54, 1.807) is 0 Å². The summed E-state index contributed by atoms with van der Waals surface area (Å²) in [5, 5.41) is 0. The summed E-state index contributed by atoms with van der Waals surface area (Å²) in [4.78, 5) is 0. The lowest BCUT2D eigenvalue weighted by Crippen LogP contribution is -2.35. The van der Waals surface area contributed by atoms with E-state index in [4.69, 9.17) is 22.1 Å². The van der Waals surface area contributed by atoms with Crippen molar-refractivity contribution in [2.75, 3.05) is 12.4 Å². The molecule has 0 spiro atoms. The molecule has 0 atom stereocenters. The summed E-state index contributed by atoms with van der Waals surface area (Å²) in [6.07, 6.45) is 8.29. The molecule has 0 bridgehead atoms. The van der Waals surface area contributed by atoms with Crippen LogP contribution in [-0.4, -0.2) is 18.5 Å². The van der Waals surface area contributed by atoms with Gasteiger partial charge < -0.3 is 10.5 Å². The molecule has 1 fully saturated rings. The fourth-order valence-electron chi connectivity index (χ4n) is 1.52. The number of hydrogen-bond acceptors (Lipinski definition) is 2. The maximum atomic E-state index is 5.73. The summed E-state index contributed by atoms with van der Waals surface area (Å²) in [7, 11) is 0. The van der Waals surface area contributed by atoms with Crippen molar-refractivity contribution >= 4 is 11.6 Å². The first kappa shape index (κ1) is 11.6. The molecule has 0 unspecified atom stereocenters. The molecular weight excluding hydrogens is 198 g/mol. The molecule has 2 nitrogen and oxygen atoms in total. The van der Waals surface area contributed by atoms with Gasteiger partial charge in [0.1, 0.15) is 5.76 Å². The van der Waals surface area contributed by atoms with Crippen LogP contribution in [0.1, 0.15) is 19.8 Å². The van der Waals surface area contributed by atoms with Crippen molar-refractivity contribution in [2.45, 2.75) is 25.9 Å². The van der Waals surface area contributed by atoms with Gasteiger partial charge in [0.15, 0.2) is 0 Å². The van der Waals surface area contributed by atoms with Crippen LogP contribution in [0.15, 0.2) is 24.0 Å². The molecule has 1 saturated carbocycles. The predicted octanol–water partition coefficient (Wildman–Crippen LogP) is 2.44. The van der Waals surface area contributed by atoms with Gasteiger partial charge in [0.25, 0.3) is 0 Å². The lowest BCUT2D eigenvalue weighted by atomic mass is 9.82. The quantitative estimate of drug-likeness (QED) is 0.434. The van der Waals surface area contributed by atoms with Crippen LogP contribution < -0.4 is 5.73 Å². The Morgan fingerprint density at radius 1 is 1.57 bits per heavy atom. The topological polar surface area (TPSA) is 35.2 Å². The van der Waals surface area contributed by atoms with Crippen LogP contribution in [0.2, 0.25) is 0 Å². The predicted molar refractivity (Wildman–Crippen MR) is 60.3 cm³/mol. The molecule has 1 aliphatic rings. The van der Waals surface area contributed by atoms with Crippen molar-refractivity contribution in [1.82, 2.24) is 0 Å². The zero-order valence-corrected chi connectivity index (χ0v) is 9.33. The van der Waals surface area contributed by atoms with Gasteiger partial charge in [-0.25, -0.2) is 0 Å². The zero-order chi connectivity index (χ0) is 10.4. The third kappa shape index (κ3) is 3.35. The van der Waals surface area contributed by atoms with E-state index in [2.05, 4.69) is 0 Å². The Kier molecular flexibility index (Phi) is 5.05. The third-order valence-electron chi connectivity index (χ3n) is 2.48. The van der Waals surface area contributed by atoms with E-state index in [0.29, 0.717) is 17.9 Å². The first-order chi connectivity index (χ1) is 6.80. The van der Waals surface area contributed by atoms with Crippen molar-refractivity contribution in [3.8, 4) is 0 Å². The molecule has 0 saturated heterocycles. The van der Waals surface area contributed by atoms with Gasteiger partial charge >= 0.3 is 0 Å². The van der Waals surface area contributed by atoms with Gasteiger partial charge in [0.05, 0.1) is 6.10 Å². The molecule has 3 heteroatoms. The number of hydrogen-bond donors (Lipinski definition) is 1. The molecule has 0 aromatic heterocycles. The minimum absolute atomic E-state index is 0.356. The van der Waals surface area contributed by atoms with Gasteiger partial charge in [-0.1, -0.05) is 6.08 Å². The Labute approximate surface area is 90.8 Å². The highest BCUT2D eigenvalue weighted by Gasteiger charge is 2.29. The van der Waals surface area contributed by atoms with Gasteiger partial charge in [-0.15, -0.1) is 11.6 Å². The Morgan fingerprint density at radius 3 is 2.79 bits per heavy atom. The summed E-state index contributed by atoms with van der Waals surface area (Å²) in [6, 6.07) is 0. The Morgan fingerprint density at radius 2 is 2.29 bits per heavy atom. The van der Waals surface area contributed by atoms with Crippen molar-refractivity contribution in [2.24, 2.45) is 11.7 Å². The molecule has 0 aromatic carbocycles. The Balaban J connectivity index is 2.26. The van der Waals surface area contributed by atoms with Gasteiger partial charge in [0, 0.05) is 5.88 Å². The second-order valence-corrected chi connectivity index (χ2v) is 3.87. The number of halogens is 1. The molecule has 1 rings (SSSR count). The molecule has 0 aliphatic heterocycles. The summed E-state index contributed by atoms with van der Waals surface area (Å²) < 4.78 is 5.73. The van der Waals surface area contributed by atoms with E-state index >= 15 is 0 Å². The summed E-state index contributed by atoms with van der Waals surface area (Å²) in [6.45, 7) is 2.75. The van der Waals surface area contributed by atoms with Crippen LogP contribution in [-0.2, 0) is 4.74 Å². The smallest absolute Gasteiger partial charge is 0.115 e. The van der Waals surface area contributed by atoms with E-state index < -0.39 is 0 Å². The minimum Gasteiger partial charge on any atom is -0.491 e. The number of ether oxygens (including phenoxy) is 1. The van der Waals surface area contributed by atoms with E-state index in [1.165, 1.54) is 0 Å². The molecule has 0 heterocycles. The average Bonchev–Trinajstić information content (AvgIpc) is 2.15. The minimum atomic E-state index is 0.356. The van der Waals surface area contributed by atoms with E-state index in [0.717, 1.165) is 25.1 Å². The van der Waals surface area contributed by atoms with Crippen molar-refractivity contribution in [3.63, 3.8) is 0 Å². The number of allylic oxidation sites excluding steroid dienone is 3. The van der Waals surface area contributed by atoms with Crippen LogP contribution in [0, 0.1) is 5.92 Å². The molecule has 0 aromatic rings. The normalized spacial score (nSPS) is 27.8. The van der Waals surface area contributed by atoms with Gasteiger partial charge in [0.2, 0.25) is 0 Å². The number of nitrogens with two attached hydrogens (primary N) is 1.